The van der Waals surface area contributed by atoms with Gasteiger partial charge in [-0.15, -0.1) is 0 Å². The van der Waals surface area contributed by atoms with Crippen molar-refractivity contribution < 1.29 is 0 Å². The summed E-state index contributed by atoms with van der Waals surface area (Å²) < 4.78 is 2.16. The van der Waals surface area contributed by atoms with Gasteiger partial charge >= 0.3 is 0 Å². The highest BCUT2D eigenvalue weighted by atomic mass is 15.3. The molecule has 1 aliphatic rings. The lowest BCUT2D eigenvalue weighted by Crippen LogP contribution is -2.46. The van der Waals surface area contributed by atoms with E-state index in [1.54, 1.807) is 0 Å². The number of piperidine rings is 1. The maximum Gasteiger partial charge on any atom is 0.0560 e. The summed E-state index contributed by atoms with van der Waals surface area (Å²) in [5.74, 6) is 0.683. The SMILES string of the molecule is CCn1nccc1C1C(CNC)CCCN1C(C)C. The standard InChI is InChI=1S/C15H28N4/c1-5-19-14(8-9-17-19)15-13(11-16-4)7-6-10-18(15)12(2)3/h8-9,12-13,15-16H,5-7,10-11H2,1-4H3. The van der Waals surface area contributed by atoms with Crippen LogP contribution in [0.4, 0.5) is 0 Å². The smallest absolute Gasteiger partial charge is 0.0560 e. The van der Waals surface area contributed by atoms with Crippen molar-refractivity contribution in [3.63, 3.8) is 0 Å². The summed E-state index contributed by atoms with van der Waals surface area (Å²) in [5, 5.41) is 7.84. The first-order chi connectivity index (χ1) is 9.19. The molecule has 2 atom stereocenters. The van der Waals surface area contributed by atoms with Gasteiger partial charge in [0.25, 0.3) is 0 Å². The van der Waals surface area contributed by atoms with E-state index < -0.39 is 0 Å². The van der Waals surface area contributed by atoms with Crippen LogP contribution in [-0.4, -0.2) is 40.9 Å². The van der Waals surface area contributed by atoms with Crippen LogP contribution in [0.2, 0.25) is 0 Å². The van der Waals surface area contributed by atoms with Crippen molar-refractivity contribution in [2.24, 2.45) is 5.92 Å². The van der Waals surface area contributed by atoms with E-state index in [4.69, 9.17) is 0 Å². The summed E-state index contributed by atoms with van der Waals surface area (Å²) in [5.41, 5.74) is 1.39. The monoisotopic (exact) mass is 264 g/mol. The Bertz CT molecular complexity index is 383. The second kappa shape index (κ2) is 6.53. The molecule has 0 spiro atoms. The Kier molecular flexibility index (Phi) is 4.99. The van der Waals surface area contributed by atoms with Gasteiger partial charge in [0.2, 0.25) is 0 Å². The molecule has 19 heavy (non-hydrogen) atoms. The van der Waals surface area contributed by atoms with E-state index in [0.29, 0.717) is 18.0 Å². The van der Waals surface area contributed by atoms with Gasteiger partial charge in [0.05, 0.1) is 11.7 Å². The molecule has 1 saturated heterocycles. The molecule has 2 heterocycles. The van der Waals surface area contributed by atoms with Crippen molar-refractivity contribution in [1.82, 2.24) is 20.0 Å². The molecule has 2 rings (SSSR count). The maximum absolute atomic E-state index is 4.47. The van der Waals surface area contributed by atoms with E-state index in [0.717, 1.165) is 13.1 Å². The number of likely N-dealkylation sites (tertiary alicyclic amines) is 1. The minimum atomic E-state index is 0.503. The predicted octanol–water partition coefficient (Wildman–Crippen LogP) is 2.28. The van der Waals surface area contributed by atoms with Gasteiger partial charge in [-0.1, -0.05) is 0 Å². The third-order valence-electron chi connectivity index (χ3n) is 4.28. The summed E-state index contributed by atoms with van der Waals surface area (Å²) >= 11 is 0. The van der Waals surface area contributed by atoms with Crippen molar-refractivity contribution >= 4 is 0 Å². The first kappa shape index (κ1) is 14.5. The average molecular weight is 264 g/mol. The minimum absolute atomic E-state index is 0.503. The number of nitrogens with zero attached hydrogens (tertiary/aromatic N) is 3. The summed E-state index contributed by atoms with van der Waals surface area (Å²) in [6.07, 6.45) is 4.56. The van der Waals surface area contributed by atoms with Crippen LogP contribution in [0.3, 0.4) is 0 Å². The lowest BCUT2D eigenvalue weighted by molar-refractivity contribution is 0.0579. The fourth-order valence-electron chi connectivity index (χ4n) is 3.43. The quantitative estimate of drug-likeness (QED) is 0.886. The first-order valence-electron chi connectivity index (χ1n) is 7.61. The third-order valence-corrected chi connectivity index (χ3v) is 4.28. The van der Waals surface area contributed by atoms with Crippen LogP contribution < -0.4 is 5.32 Å². The zero-order valence-corrected chi connectivity index (χ0v) is 12.8. The predicted molar refractivity (Wildman–Crippen MR) is 79.1 cm³/mol. The van der Waals surface area contributed by atoms with Gasteiger partial charge in [-0.2, -0.15) is 5.10 Å². The normalized spacial score (nSPS) is 25.1. The maximum atomic E-state index is 4.47. The van der Waals surface area contributed by atoms with Crippen molar-refractivity contribution in [1.29, 1.82) is 0 Å². The molecule has 0 bridgehead atoms. The van der Waals surface area contributed by atoms with Crippen LogP contribution in [0, 0.1) is 5.92 Å². The Morgan fingerprint density at radius 1 is 1.47 bits per heavy atom. The molecule has 4 heteroatoms. The Balaban J connectivity index is 2.31. The van der Waals surface area contributed by atoms with Crippen LogP contribution in [0.25, 0.3) is 0 Å². The molecule has 2 unspecified atom stereocenters. The molecular formula is C15H28N4. The van der Waals surface area contributed by atoms with Gasteiger partial charge in [0.15, 0.2) is 0 Å². The largest absolute Gasteiger partial charge is 0.319 e. The average Bonchev–Trinajstić information content (AvgIpc) is 2.86. The van der Waals surface area contributed by atoms with Gasteiger partial charge in [-0.05, 0) is 65.7 Å². The fraction of sp³-hybridized carbons (Fsp3) is 0.800. The fourth-order valence-corrected chi connectivity index (χ4v) is 3.43. The van der Waals surface area contributed by atoms with Crippen LogP contribution in [0.5, 0.6) is 0 Å². The van der Waals surface area contributed by atoms with E-state index in [1.807, 2.05) is 6.20 Å². The van der Waals surface area contributed by atoms with Gasteiger partial charge < -0.3 is 5.32 Å². The summed E-state index contributed by atoms with van der Waals surface area (Å²) in [7, 11) is 2.06. The number of hydrogen-bond acceptors (Lipinski definition) is 3. The molecule has 1 N–H and O–H groups in total. The molecule has 1 aromatic heterocycles. The molecule has 1 fully saturated rings. The lowest BCUT2D eigenvalue weighted by Gasteiger charge is -2.43. The number of aromatic nitrogens is 2. The van der Waals surface area contributed by atoms with Crippen LogP contribution in [0.15, 0.2) is 12.3 Å². The lowest BCUT2D eigenvalue weighted by atomic mass is 9.86. The van der Waals surface area contributed by atoms with E-state index in [9.17, 15) is 0 Å². The summed E-state index contributed by atoms with van der Waals surface area (Å²) in [6, 6.07) is 3.30. The van der Waals surface area contributed by atoms with E-state index in [-0.39, 0.29) is 0 Å². The molecule has 1 aromatic rings. The van der Waals surface area contributed by atoms with Crippen molar-refractivity contribution in [3.8, 4) is 0 Å². The second-order valence-corrected chi connectivity index (χ2v) is 5.81. The highest BCUT2D eigenvalue weighted by Gasteiger charge is 2.35. The molecule has 0 aliphatic carbocycles. The van der Waals surface area contributed by atoms with E-state index in [1.165, 1.54) is 25.1 Å². The van der Waals surface area contributed by atoms with Gasteiger partial charge in [-0.25, -0.2) is 0 Å². The van der Waals surface area contributed by atoms with Gasteiger partial charge in [0, 0.05) is 18.8 Å². The number of rotatable bonds is 5. The molecule has 108 valence electrons. The number of nitrogens with one attached hydrogen (secondary N) is 1. The minimum Gasteiger partial charge on any atom is -0.319 e. The highest BCUT2D eigenvalue weighted by molar-refractivity contribution is 5.11. The van der Waals surface area contributed by atoms with E-state index >= 15 is 0 Å². The Morgan fingerprint density at radius 2 is 2.26 bits per heavy atom. The van der Waals surface area contributed by atoms with Crippen LogP contribution >= 0.6 is 0 Å². The second-order valence-electron chi connectivity index (χ2n) is 5.81. The molecule has 4 nitrogen and oxygen atoms in total. The zero-order valence-electron chi connectivity index (χ0n) is 12.8. The van der Waals surface area contributed by atoms with Gasteiger partial charge in [0.1, 0.15) is 0 Å². The Labute approximate surface area is 117 Å². The highest BCUT2D eigenvalue weighted by Crippen LogP contribution is 2.36. The van der Waals surface area contributed by atoms with Crippen molar-refractivity contribution in [3.05, 3.63) is 18.0 Å². The summed E-state index contributed by atoms with van der Waals surface area (Å²) in [4.78, 5) is 2.65. The first-order valence-corrected chi connectivity index (χ1v) is 7.61. The zero-order chi connectivity index (χ0) is 13.8. The number of hydrogen-bond donors (Lipinski definition) is 1. The van der Waals surface area contributed by atoms with Crippen LogP contribution in [0.1, 0.15) is 45.3 Å². The molecule has 0 amide bonds. The van der Waals surface area contributed by atoms with Crippen LogP contribution in [-0.2, 0) is 6.54 Å². The van der Waals surface area contributed by atoms with Gasteiger partial charge in [-0.3, -0.25) is 9.58 Å². The molecule has 0 saturated carbocycles. The van der Waals surface area contributed by atoms with E-state index in [2.05, 4.69) is 53.9 Å². The number of aryl methyl sites for hydroxylation is 1. The molecule has 0 radical (unpaired) electrons. The Morgan fingerprint density at radius 3 is 2.89 bits per heavy atom. The summed E-state index contributed by atoms with van der Waals surface area (Å²) in [6.45, 7) is 10.0. The van der Waals surface area contributed by atoms with Crippen molar-refractivity contribution in [2.45, 2.75) is 52.2 Å². The topological polar surface area (TPSA) is 33.1 Å². The Hall–Kier alpha value is -0.870. The molecule has 0 aromatic carbocycles. The molecular weight excluding hydrogens is 236 g/mol. The molecule has 1 aliphatic heterocycles. The van der Waals surface area contributed by atoms with Crippen molar-refractivity contribution in [2.75, 3.05) is 20.1 Å². The third kappa shape index (κ3) is 3.00.